The number of benzene rings is 2. The second-order valence-corrected chi connectivity index (χ2v) is 5.62. The lowest BCUT2D eigenvalue weighted by Gasteiger charge is -2.11. The highest BCUT2D eigenvalue weighted by Gasteiger charge is 2.16. The van der Waals surface area contributed by atoms with Crippen LogP contribution in [0.15, 0.2) is 66.7 Å². The first-order chi connectivity index (χ1) is 11.7. The Hall–Kier alpha value is -2.65. The quantitative estimate of drug-likeness (QED) is 0.611. The van der Waals surface area contributed by atoms with Gasteiger partial charge in [0.15, 0.2) is 0 Å². The van der Waals surface area contributed by atoms with Crippen LogP contribution in [0.4, 0.5) is 0 Å². The maximum Gasteiger partial charge on any atom is 0.340 e. The molecule has 3 nitrogen and oxygen atoms in total. The number of pyridine rings is 1. The monoisotopic (exact) mass is 337 g/mol. The van der Waals surface area contributed by atoms with Crippen LogP contribution in [0.1, 0.15) is 17.3 Å². The van der Waals surface area contributed by atoms with Crippen molar-refractivity contribution in [1.82, 2.24) is 4.98 Å². The Balaban J connectivity index is 2.12. The third-order valence-corrected chi connectivity index (χ3v) is 3.83. The van der Waals surface area contributed by atoms with Gasteiger partial charge in [0, 0.05) is 16.1 Å². The second kappa shape index (κ2) is 7.28. The highest BCUT2D eigenvalue weighted by molar-refractivity contribution is 6.30. The van der Waals surface area contributed by atoms with E-state index in [-0.39, 0.29) is 5.97 Å². The van der Waals surface area contributed by atoms with Crippen LogP contribution in [0.3, 0.4) is 0 Å². The number of rotatable bonds is 4. The minimum absolute atomic E-state index is 0.325. The largest absolute Gasteiger partial charge is 0.462 e. The van der Waals surface area contributed by atoms with Gasteiger partial charge in [0.2, 0.25) is 0 Å². The Bertz CT molecular complexity index is 845. The fourth-order valence-electron chi connectivity index (χ4n) is 2.43. The maximum absolute atomic E-state index is 12.3. The summed E-state index contributed by atoms with van der Waals surface area (Å²) >= 11 is 5.95. The average Bonchev–Trinajstić information content (AvgIpc) is 2.63. The molecule has 0 saturated heterocycles. The Morgan fingerprint density at radius 1 is 0.958 bits per heavy atom. The SMILES string of the molecule is CCOC(=O)c1ccc(-c2ccc(Cl)cc2)nc1-c1ccccc1. The number of esters is 1. The van der Waals surface area contributed by atoms with Gasteiger partial charge in [0.25, 0.3) is 0 Å². The van der Waals surface area contributed by atoms with Crippen LogP contribution < -0.4 is 0 Å². The second-order valence-electron chi connectivity index (χ2n) is 5.19. The van der Waals surface area contributed by atoms with Crippen molar-refractivity contribution < 1.29 is 9.53 Å². The van der Waals surface area contributed by atoms with E-state index in [0.717, 1.165) is 16.8 Å². The van der Waals surface area contributed by atoms with Crippen molar-refractivity contribution in [3.63, 3.8) is 0 Å². The van der Waals surface area contributed by atoms with Gasteiger partial charge >= 0.3 is 5.97 Å². The Labute approximate surface area is 145 Å². The molecule has 0 aliphatic carbocycles. The van der Waals surface area contributed by atoms with Gasteiger partial charge in [-0.1, -0.05) is 54.1 Å². The number of aromatic nitrogens is 1. The highest BCUT2D eigenvalue weighted by atomic mass is 35.5. The number of carbonyl (C=O) groups excluding carboxylic acids is 1. The van der Waals surface area contributed by atoms with E-state index in [0.29, 0.717) is 22.9 Å². The topological polar surface area (TPSA) is 39.2 Å². The Morgan fingerprint density at radius 2 is 1.67 bits per heavy atom. The lowest BCUT2D eigenvalue weighted by atomic mass is 10.0. The van der Waals surface area contributed by atoms with E-state index in [4.69, 9.17) is 21.3 Å². The van der Waals surface area contributed by atoms with E-state index in [9.17, 15) is 4.79 Å². The van der Waals surface area contributed by atoms with Crippen LogP contribution in [0.5, 0.6) is 0 Å². The van der Waals surface area contributed by atoms with Gasteiger partial charge in [-0.2, -0.15) is 0 Å². The van der Waals surface area contributed by atoms with Crippen LogP contribution in [0.2, 0.25) is 5.02 Å². The van der Waals surface area contributed by atoms with Gasteiger partial charge in [0.1, 0.15) is 0 Å². The van der Waals surface area contributed by atoms with Crippen molar-refractivity contribution in [2.24, 2.45) is 0 Å². The van der Waals surface area contributed by atoms with E-state index in [1.807, 2.05) is 60.7 Å². The number of hydrogen-bond acceptors (Lipinski definition) is 3. The molecule has 0 N–H and O–H groups in total. The van der Waals surface area contributed by atoms with Gasteiger partial charge < -0.3 is 4.74 Å². The van der Waals surface area contributed by atoms with Crippen molar-refractivity contribution in [1.29, 1.82) is 0 Å². The van der Waals surface area contributed by atoms with E-state index >= 15 is 0 Å². The minimum Gasteiger partial charge on any atom is -0.462 e. The molecule has 1 aromatic heterocycles. The van der Waals surface area contributed by atoms with E-state index in [1.165, 1.54) is 0 Å². The third kappa shape index (κ3) is 3.47. The summed E-state index contributed by atoms with van der Waals surface area (Å²) in [5.41, 5.74) is 3.66. The highest BCUT2D eigenvalue weighted by Crippen LogP contribution is 2.27. The summed E-state index contributed by atoms with van der Waals surface area (Å²) in [7, 11) is 0. The molecule has 0 bridgehead atoms. The zero-order valence-corrected chi connectivity index (χ0v) is 14.0. The average molecular weight is 338 g/mol. The summed E-state index contributed by atoms with van der Waals surface area (Å²) in [5, 5.41) is 0.671. The van der Waals surface area contributed by atoms with Gasteiger partial charge in [-0.15, -0.1) is 0 Å². The molecule has 2 aromatic carbocycles. The lowest BCUT2D eigenvalue weighted by molar-refractivity contribution is 0.0527. The zero-order valence-electron chi connectivity index (χ0n) is 13.2. The normalized spacial score (nSPS) is 10.4. The summed E-state index contributed by atoms with van der Waals surface area (Å²) in [6, 6.07) is 20.7. The number of ether oxygens (including phenoxy) is 1. The van der Waals surface area contributed by atoms with Crippen LogP contribution in [-0.4, -0.2) is 17.6 Å². The third-order valence-electron chi connectivity index (χ3n) is 3.58. The molecule has 3 rings (SSSR count). The minimum atomic E-state index is -0.369. The smallest absolute Gasteiger partial charge is 0.340 e. The summed E-state index contributed by atoms with van der Waals surface area (Å²) in [5.74, 6) is -0.369. The van der Waals surface area contributed by atoms with E-state index in [2.05, 4.69) is 0 Å². The summed E-state index contributed by atoms with van der Waals surface area (Å²) < 4.78 is 5.16. The summed E-state index contributed by atoms with van der Waals surface area (Å²) in [4.78, 5) is 17.0. The molecule has 0 unspecified atom stereocenters. The zero-order chi connectivity index (χ0) is 16.9. The fraction of sp³-hybridized carbons (Fsp3) is 0.100. The maximum atomic E-state index is 12.3. The number of nitrogens with zero attached hydrogens (tertiary/aromatic N) is 1. The van der Waals surface area contributed by atoms with Crippen LogP contribution in [0, 0.1) is 0 Å². The van der Waals surface area contributed by atoms with Crippen LogP contribution in [-0.2, 0) is 4.74 Å². The summed E-state index contributed by atoms with van der Waals surface area (Å²) in [6.45, 7) is 2.11. The van der Waals surface area contributed by atoms with Gasteiger partial charge in [0.05, 0.1) is 23.6 Å². The first-order valence-corrected chi connectivity index (χ1v) is 8.06. The molecule has 0 aliphatic rings. The van der Waals surface area contributed by atoms with E-state index < -0.39 is 0 Å². The summed E-state index contributed by atoms with van der Waals surface area (Å²) in [6.07, 6.45) is 0. The predicted octanol–water partition coefficient (Wildman–Crippen LogP) is 5.25. The number of halogens is 1. The Kier molecular flexibility index (Phi) is 4.92. The molecule has 0 atom stereocenters. The standard InChI is InChI=1S/C20H16ClNO2/c1-2-24-20(23)17-12-13-18(14-8-10-16(21)11-9-14)22-19(17)15-6-4-3-5-7-15/h3-13H,2H2,1H3. The molecule has 0 radical (unpaired) electrons. The molecule has 0 amide bonds. The van der Waals surface area contributed by atoms with Crippen molar-refractivity contribution >= 4 is 17.6 Å². The fourth-order valence-corrected chi connectivity index (χ4v) is 2.56. The molecule has 3 aromatic rings. The predicted molar refractivity (Wildman–Crippen MR) is 96.1 cm³/mol. The molecule has 0 saturated carbocycles. The first-order valence-electron chi connectivity index (χ1n) is 7.68. The van der Waals surface area contributed by atoms with Crippen LogP contribution >= 0.6 is 11.6 Å². The molecule has 1 heterocycles. The van der Waals surface area contributed by atoms with Crippen molar-refractivity contribution in [3.8, 4) is 22.5 Å². The molecular weight excluding hydrogens is 322 g/mol. The molecule has 0 aliphatic heterocycles. The van der Waals surface area contributed by atoms with Gasteiger partial charge in [-0.25, -0.2) is 9.78 Å². The lowest BCUT2D eigenvalue weighted by Crippen LogP contribution is -2.08. The molecular formula is C20H16ClNO2. The van der Waals surface area contributed by atoms with Crippen molar-refractivity contribution in [3.05, 3.63) is 77.3 Å². The number of hydrogen-bond donors (Lipinski definition) is 0. The molecule has 120 valence electrons. The molecule has 0 fully saturated rings. The van der Waals surface area contributed by atoms with Gasteiger partial charge in [-0.05, 0) is 31.2 Å². The van der Waals surface area contributed by atoms with Gasteiger partial charge in [-0.3, -0.25) is 0 Å². The molecule has 4 heteroatoms. The molecule has 24 heavy (non-hydrogen) atoms. The Morgan fingerprint density at radius 3 is 2.33 bits per heavy atom. The van der Waals surface area contributed by atoms with E-state index in [1.54, 1.807) is 13.0 Å². The van der Waals surface area contributed by atoms with Crippen LogP contribution in [0.25, 0.3) is 22.5 Å². The first kappa shape index (κ1) is 16.2. The van der Waals surface area contributed by atoms with Crippen molar-refractivity contribution in [2.75, 3.05) is 6.61 Å². The number of carbonyl (C=O) groups is 1. The molecule has 0 spiro atoms. The van der Waals surface area contributed by atoms with Crippen molar-refractivity contribution in [2.45, 2.75) is 6.92 Å².